The van der Waals surface area contributed by atoms with Crippen LogP contribution in [-0.2, 0) is 12.8 Å². The number of ether oxygens (including phenoxy) is 1. The van der Waals surface area contributed by atoms with Crippen LogP contribution in [0.15, 0.2) is 18.2 Å². The average Bonchev–Trinajstić information content (AvgIpc) is 2.71. The van der Waals surface area contributed by atoms with Crippen LogP contribution in [0.4, 0.5) is 0 Å². The summed E-state index contributed by atoms with van der Waals surface area (Å²) in [5, 5.41) is 9.50. The number of benzene rings is 1. The van der Waals surface area contributed by atoms with Gasteiger partial charge >= 0.3 is 0 Å². The number of aliphatic hydroxyl groups is 1. The maximum atomic E-state index is 9.50. The van der Waals surface area contributed by atoms with Gasteiger partial charge in [-0.05, 0) is 48.8 Å². The van der Waals surface area contributed by atoms with Gasteiger partial charge in [0.2, 0.25) is 0 Å². The molecule has 18 heavy (non-hydrogen) atoms. The first kappa shape index (κ1) is 13.4. The summed E-state index contributed by atoms with van der Waals surface area (Å²) in [6.45, 7) is 7.16. The van der Waals surface area contributed by atoms with Gasteiger partial charge in [-0.2, -0.15) is 0 Å². The molecule has 2 rings (SSSR count). The van der Waals surface area contributed by atoms with Gasteiger partial charge < -0.3 is 9.84 Å². The molecule has 2 heteroatoms. The van der Waals surface area contributed by atoms with Gasteiger partial charge in [-0.15, -0.1) is 0 Å². The zero-order chi connectivity index (χ0) is 13.2. The van der Waals surface area contributed by atoms with Crippen molar-refractivity contribution in [3.05, 3.63) is 29.3 Å². The zero-order valence-corrected chi connectivity index (χ0v) is 11.7. The van der Waals surface area contributed by atoms with Crippen molar-refractivity contribution in [2.24, 2.45) is 5.41 Å². The third-order valence-corrected chi connectivity index (χ3v) is 3.69. The molecule has 0 aromatic heterocycles. The Hall–Kier alpha value is -1.02. The number of aryl methyl sites for hydroxylation is 1. The molecule has 1 atom stereocenters. The molecule has 1 heterocycles. The lowest BCUT2D eigenvalue weighted by Crippen LogP contribution is -2.19. The standard InChI is InChI=1S/C16H24O2/c1-12(17)11-16(2,3)8-6-13-4-5-15-14(10-13)7-9-18-15/h4-5,10,12,17H,6-9,11H2,1-3H3. The van der Waals surface area contributed by atoms with E-state index in [-0.39, 0.29) is 11.5 Å². The van der Waals surface area contributed by atoms with E-state index in [0.29, 0.717) is 0 Å². The van der Waals surface area contributed by atoms with Gasteiger partial charge in [0.25, 0.3) is 0 Å². The van der Waals surface area contributed by atoms with Crippen molar-refractivity contribution < 1.29 is 9.84 Å². The number of hydrogen-bond acceptors (Lipinski definition) is 2. The maximum Gasteiger partial charge on any atom is 0.122 e. The molecule has 0 amide bonds. The van der Waals surface area contributed by atoms with Crippen molar-refractivity contribution in [1.29, 1.82) is 0 Å². The minimum absolute atomic E-state index is 0.198. The average molecular weight is 248 g/mol. The summed E-state index contributed by atoms with van der Waals surface area (Å²) in [4.78, 5) is 0. The molecule has 100 valence electrons. The molecule has 1 aromatic carbocycles. The highest BCUT2D eigenvalue weighted by atomic mass is 16.5. The minimum atomic E-state index is -0.214. The van der Waals surface area contributed by atoms with Crippen molar-refractivity contribution in [3.8, 4) is 5.75 Å². The van der Waals surface area contributed by atoms with E-state index in [1.807, 2.05) is 6.92 Å². The Kier molecular flexibility index (Phi) is 3.96. The Morgan fingerprint density at radius 2 is 2.17 bits per heavy atom. The molecular formula is C16H24O2. The quantitative estimate of drug-likeness (QED) is 0.866. The Morgan fingerprint density at radius 1 is 1.39 bits per heavy atom. The summed E-state index contributed by atoms with van der Waals surface area (Å²) in [5.74, 6) is 1.06. The van der Waals surface area contributed by atoms with Crippen molar-refractivity contribution >= 4 is 0 Å². The van der Waals surface area contributed by atoms with Crippen LogP contribution in [0, 0.1) is 5.41 Å². The second-order valence-electron chi connectivity index (χ2n) is 6.26. The normalized spacial score (nSPS) is 16.2. The fourth-order valence-electron chi connectivity index (χ4n) is 2.78. The van der Waals surface area contributed by atoms with Crippen LogP contribution in [0.25, 0.3) is 0 Å². The van der Waals surface area contributed by atoms with Crippen LogP contribution >= 0.6 is 0 Å². The number of fused-ring (bicyclic) bond motifs is 1. The van der Waals surface area contributed by atoms with E-state index in [2.05, 4.69) is 32.0 Å². The second-order valence-corrected chi connectivity index (χ2v) is 6.26. The monoisotopic (exact) mass is 248 g/mol. The highest BCUT2D eigenvalue weighted by Gasteiger charge is 2.20. The van der Waals surface area contributed by atoms with E-state index in [0.717, 1.165) is 38.0 Å². The number of aliphatic hydroxyl groups excluding tert-OH is 1. The van der Waals surface area contributed by atoms with Gasteiger partial charge in [0.1, 0.15) is 5.75 Å². The SMILES string of the molecule is CC(O)CC(C)(C)CCc1ccc2c(c1)CCO2. The van der Waals surface area contributed by atoms with Crippen molar-refractivity contribution in [2.75, 3.05) is 6.61 Å². The predicted molar refractivity (Wildman–Crippen MR) is 74.0 cm³/mol. The van der Waals surface area contributed by atoms with E-state index in [1.165, 1.54) is 11.1 Å². The predicted octanol–water partition coefficient (Wildman–Crippen LogP) is 3.35. The van der Waals surface area contributed by atoms with Gasteiger partial charge in [-0.3, -0.25) is 0 Å². The van der Waals surface area contributed by atoms with E-state index >= 15 is 0 Å². The lowest BCUT2D eigenvalue weighted by Gasteiger charge is -2.26. The molecule has 1 aliphatic rings. The van der Waals surface area contributed by atoms with Gasteiger partial charge in [-0.25, -0.2) is 0 Å². The first-order chi connectivity index (χ1) is 8.46. The van der Waals surface area contributed by atoms with Crippen LogP contribution in [0.5, 0.6) is 5.75 Å². The smallest absolute Gasteiger partial charge is 0.122 e. The molecule has 0 radical (unpaired) electrons. The van der Waals surface area contributed by atoms with Crippen molar-refractivity contribution in [3.63, 3.8) is 0 Å². The summed E-state index contributed by atoms with van der Waals surface area (Å²) in [6, 6.07) is 6.54. The summed E-state index contributed by atoms with van der Waals surface area (Å²) >= 11 is 0. The molecule has 0 saturated heterocycles. The molecule has 0 bridgehead atoms. The first-order valence-corrected chi connectivity index (χ1v) is 6.89. The summed E-state index contributed by atoms with van der Waals surface area (Å²) < 4.78 is 5.52. The minimum Gasteiger partial charge on any atom is -0.493 e. The van der Waals surface area contributed by atoms with E-state index in [1.54, 1.807) is 0 Å². The molecule has 0 saturated carbocycles. The van der Waals surface area contributed by atoms with Crippen molar-refractivity contribution in [2.45, 2.75) is 52.6 Å². The maximum absolute atomic E-state index is 9.50. The van der Waals surface area contributed by atoms with Crippen LogP contribution in [-0.4, -0.2) is 17.8 Å². The topological polar surface area (TPSA) is 29.5 Å². The molecule has 1 aliphatic heterocycles. The highest BCUT2D eigenvalue weighted by Crippen LogP contribution is 2.31. The fraction of sp³-hybridized carbons (Fsp3) is 0.625. The molecule has 1 aromatic rings. The molecule has 0 fully saturated rings. The number of hydrogen-bond donors (Lipinski definition) is 1. The molecule has 0 spiro atoms. The molecule has 2 nitrogen and oxygen atoms in total. The fourth-order valence-corrected chi connectivity index (χ4v) is 2.78. The summed E-state index contributed by atoms with van der Waals surface area (Å²) in [5.41, 5.74) is 2.93. The van der Waals surface area contributed by atoms with E-state index in [4.69, 9.17) is 4.74 Å². The highest BCUT2D eigenvalue weighted by molar-refractivity contribution is 5.39. The first-order valence-electron chi connectivity index (χ1n) is 6.89. The van der Waals surface area contributed by atoms with Crippen molar-refractivity contribution in [1.82, 2.24) is 0 Å². The molecular weight excluding hydrogens is 224 g/mol. The lowest BCUT2D eigenvalue weighted by atomic mass is 9.81. The van der Waals surface area contributed by atoms with Gasteiger partial charge in [0, 0.05) is 6.42 Å². The third kappa shape index (κ3) is 3.49. The van der Waals surface area contributed by atoms with Crippen LogP contribution in [0.2, 0.25) is 0 Å². The zero-order valence-electron chi connectivity index (χ0n) is 11.7. The Bertz CT molecular complexity index is 408. The van der Waals surface area contributed by atoms with E-state index in [9.17, 15) is 5.11 Å². The summed E-state index contributed by atoms with van der Waals surface area (Å²) in [7, 11) is 0. The molecule has 1 unspecified atom stereocenters. The largest absolute Gasteiger partial charge is 0.493 e. The second kappa shape index (κ2) is 5.31. The van der Waals surface area contributed by atoms with Gasteiger partial charge in [-0.1, -0.05) is 26.0 Å². The Morgan fingerprint density at radius 3 is 2.89 bits per heavy atom. The Labute approximate surface area is 110 Å². The lowest BCUT2D eigenvalue weighted by molar-refractivity contribution is 0.124. The van der Waals surface area contributed by atoms with Gasteiger partial charge in [0.05, 0.1) is 12.7 Å². The van der Waals surface area contributed by atoms with Crippen LogP contribution in [0.3, 0.4) is 0 Å². The molecule has 1 N–H and O–H groups in total. The third-order valence-electron chi connectivity index (χ3n) is 3.69. The van der Waals surface area contributed by atoms with Gasteiger partial charge in [0.15, 0.2) is 0 Å². The Balaban J connectivity index is 1.94. The van der Waals surface area contributed by atoms with Crippen LogP contribution < -0.4 is 4.74 Å². The van der Waals surface area contributed by atoms with Crippen LogP contribution in [0.1, 0.15) is 44.7 Å². The summed E-state index contributed by atoms with van der Waals surface area (Å²) in [6.07, 6.45) is 3.87. The number of rotatable bonds is 5. The molecule has 0 aliphatic carbocycles. The van der Waals surface area contributed by atoms with E-state index < -0.39 is 0 Å².